The lowest BCUT2D eigenvalue weighted by Crippen LogP contribution is -2.53. The fourth-order valence-electron chi connectivity index (χ4n) is 2.36. The fourth-order valence-corrected chi connectivity index (χ4v) is 2.36. The first-order valence-electron chi connectivity index (χ1n) is 5.50. The summed E-state index contributed by atoms with van der Waals surface area (Å²) in [5.74, 6) is -0.330. The lowest BCUT2D eigenvalue weighted by atomic mass is 9.48. The molecule has 1 aliphatic carbocycles. The van der Waals surface area contributed by atoms with Crippen LogP contribution >= 0.6 is 0 Å². The molecule has 2 atom stereocenters. The van der Waals surface area contributed by atoms with Crippen molar-refractivity contribution in [1.29, 1.82) is 0 Å². The Morgan fingerprint density at radius 3 is 2.07 bits per heavy atom. The van der Waals surface area contributed by atoms with Crippen molar-refractivity contribution in [2.75, 3.05) is 0 Å². The average Bonchev–Trinajstić information content (AvgIpc) is 2.10. The molecule has 0 saturated carbocycles. The minimum absolute atomic E-state index is 0.0190. The van der Waals surface area contributed by atoms with Crippen LogP contribution in [0.3, 0.4) is 0 Å². The normalized spacial score (nSPS) is 37.6. The number of allylic oxidation sites excluding steroid dienone is 1. The van der Waals surface area contributed by atoms with Gasteiger partial charge in [0.05, 0.1) is 5.41 Å². The third-order valence-corrected chi connectivity index (χ3v) is 5.21. The van der Waals surface area contributed by atoms with Crippen LogP contribution < -0.4 is 0 Å². The van der Waals surface area contributed by atoms with Crippen molar-refractivity contribution in [1.82, 2.24) is 0 Å². The molecule has 0 fully saturated rings. The molecule has 1 aliphatic rings. The van der Waals surface area contributed by atoms with Gasteiger partial charge in [-0.3, -0.25) is 4.79 Å². The Morgan fingerprint density at radius 2 is 1.67 bits per heavy atom. The average molecular weight is 210 g/mol. The van der Waals surface area contributed by atoms with Crippen LogP contribution in [0.5, 0.6) is 0 Å². The number of hydrogen-bond donors (Lipinski definition) is 1. The van der Waals surface area contributed by atoms with E-state index in [0.29, 0.717) is 5.92 Å². The summed E-state index contributed by atoms with van der Waals surface area (Å²) < 4.78 is 0. The molecule has 0 spiro atoms. The minimum Gasteiger partial charge on any atom is -0.481 e. The summed E-state index contributed by atoms with van der Waals surface area (Å²) >= 11 is 0. The Labute approximate surface area is 92.4 Å². The second kappa shape index (κ2) is 3.10. The number of aliphatic carboxylic acids is 1. The zero-order chi connectivity index (χ0) is 12.1. The second-order valence-corrected chi connectivity index (χ2v) is 6.00. The molecule has 0 aliphatic heterocycles. The first-order valence-corrected chi connectivity index (χ1v) is 5.50. The van der Waals surface area contributed by atoms with Gasteiger partial charge in [0.15, 0.2) is 0 Å². The highest BCUT2D eigenvalue weighted by Crippen LogP contribution is 2.58. The van der Waals surface area contributed by atoms with Crippen molar-refractivity contribution in [3.63, 3.8) is 0 Å². The molecule has 1 N–H and O–H groups in total. The van der Waals surface area contributed by atoms with Crippen LogP contribution in [-0.4, -0.2) is 11.1 Å². The Kier molecular flexibility index (Phi) is 2.54. The van der Waals surface area contributed by atoms with Crippen molar-refractivity contribution in [3.05, 3.63) is 12.2 Å². The summed E-state index contributed by atoms with van der Waals surface area (Å²) in [6, 6.07) is 0. The number of hydrogen-bond acceptors (Lipinski definition) is 1. The molecule has 0 aromatic rings. The lowest BCUT2D eigenvalue weighted by molar-refractivity contribution is -0.159. The van der Waals surface area contributed by atoms with Crippen molar-refractivity contribution < 1.29 is 9.90 Å². The standard InChI is InChI=1S/C13H22O2/c1-9-7-8-13(6,10(14)15)12(4,5)11(9,2)3/h7-9H,1-6H3,(H,14,15). The topological polar surface area (TPSA) is 37.3 Å². The SMILES string of the molecule is CC1C=CC(C)(C(=O)O)C(C)(C)C1(C)C. The molecule has 0 bridgehead atoms. The molecule has 0 saturated heterocycles. The van der Waals surface area contributed by atoms with E-state index in [-0.39, 0.29) is 10.8 Å². The Morgan fingerprint density at radius 1 is 1.20 bits per heavy atom. The summed E-state index contributed by atoms with van der Waals surface area (Å²) in [4.78, 5) is 11.4. The van der Waals surface area contributed by atoms with Gasteiger partial charge in [-0.25, -0.2) is 0 Å². The van der Waals surface area contributed by atoms with Crippen LogP contribution in [-0.2, 0) is 4.79 Å². The zero-order valence-corrected chi connectivity index (χ0v) is 10.6. The quantitative estimate of drug-likeness (QED) is 0.674. The predicted molar refractivity (Wildman–Crippen MR) is 61.6 cm³/mol. The molecule has 2 nitrogen and oxygen atoms in total. The predicted octanol–water partition coefficient (Wildman–Crippen LogP) is 3.34. The largest absolute Gasteiger partial charge is 0.481 e. The van der Waals surface area contributed by atoms with E-state index >= 15 is 0 Å². The van der Waals surface area contributed by atoms with E-state index in [9.17, 15) is 9.90 Å². The first-order chi connectivity index (χ1) is 6.57. The molecule has 2 unspecified atom stereocenters. The third-order valence-electron chi connectivity index (χ3n) is 5.21. The number of carboxylic acids is 1. The molecular formula is C13H22O2. The van der Waals surface area contributed by atoms with Crippen LogP contribution in [0.2, 0.25) is 0 Å². The first kappa shape index (κ1) is 12.3. The fraction of sp³-hybridized carbons (Fsp3) is 0.769. The molecule has 0 amide bonds. The number of carboxylic acid groups (broad SMARTS) is 1. The van der Waals surface area contributed by atoms with Crippen molar-refractivity contribution in [2.45, 2.75) is 41.5 Å². The highest BCUT2D eigenvalue weighted by Gasteiger charge is 2.57. The minimum atomic E-state index is -0.775. The maximum atomic E-state index is 11.4. The van der Waals surface area contributed by atoms with Gasteiger partial charge in [0.2, 0.25) is 0 Å². The van der Waals surface area contributed by atoms with Crippen LogP contribution in [0.4, 0.5) is 0 Å². The van der Waals surface area contributed by atoms with E-state index in [1.54, 1.807) is 0 Å². The van der Waals surface area contributed by atoms with Gasteiger partial charge < -0.3 is 5.11 Å². The molecule has 86 valence electrons. The molecule has 0 radical (unpaired) electrons. The van der Waals surface area contributed by atoms with Crippen LogP contribution in [0, 0.1) is 22.2 Å². The van der Waals surface area contributed by atoms with Crippen LogP contribution in [0.1, 0.15) is 41.5 Å². The molecule has 0 aromatic carbocycles. The van der Waals surface area contributed by atoms with Gasteiger partial charge in [-0.05, 0) is 23.7 Å². The van der Waals surface area contributed by atoms with E-state index in [1.807, 2.05) is 19.1 Å². The zero-order valence-electron chi connectivity index (χ0n) is 10.6. The molecule has 1 rings (SSSR count). The molecule has 15 heavy (non-hydrogen) atoms. The maximum absolute atomic E-state index is 11.4. The molecule has 0 heterocycles. The van der Waals surface area contributed by atoms with Gasteiger partial charge in [0, 0.05) is 0 Å². The maximum Gasteiger partial charge on any atom is 0.313 e. The van der Waals surface area contributed by atoms with E-state index in [0.717, 1.165) is 0 Å². The smallest absolute Gasteiger partial charge is 0.313 e. The molecule has 2 heteroatoms. The molecular weight excluding hydrogens is 188 g/mol. The Hall–Kier alpha value is -0.790. The van der Waals surface area contributed by atoms with E-state index in [2.05, 4.69) is 34.6 Å². The van der Waals surface area contributed by atoms with Gasteiger partial charge in [0.1, 0.15) is 0 Å². The van der Waals surface area contributed by atoms with Crippen LogP contribution in [0.15, 0.2) is 12.2 Å². The van der Waals surface area contributed by atoms with Gasteiger partial charge in [0.25, 0.3) is 0 Å². The van der Waals surface area contributed by atoms with Gasteiger partial charge in [-0.1, -0.05) is 46.8 Å². The van der Waals surface area contributed by atoms with Gasteiger partial charge in [-0.15, -0.1) is 0 Å². The van der Waals surface area contributed by atoms with Crippen molar-refractivity contribution in [2.24, 2.45) is 22.2 Å². The van der Waals surface area contributed by atoms with E-state index in [1.165, 1.54) is 0 Å². The highest BCUT2D eigenvalue weighted by molar-refractivity contribution is 5.78. The highest BCUT2D eigenvalue weighted by atomic mass is 16.4. The van der Waals surface area contributed by atoms with Gasteiger partial charge >= 0.3 is 5.97 Å². The second-order valence-electron chi connectivity index (χ2n) is 6.00. The number of carbonyl (C=O) groups is 1. The summed E-state index contributed by atoms with van der Waals surface area (Å²) in [5.41, 5.74) is -1.06. The van der Waals surface area contributed by atoms with Crippen molar-refractivity contribution in [3.8, 4) is 0 Å². The summed E-state index contributed by atoms with van der Waals surface area (Å²) in [6.07, 6.45) is 3.91. The number of rotatable bonds is 1. The molecule has 0 aromatic heterocycles. The third kappa shape index (κ3) is 1.34. The summed E-state index contributed by atoms with van der Waals surface area (Å²) in [7, 11) is 0. The van der Waals surface area contributed by atoms with E-state index < -0.39 is 11.4 Å². The van der Waals surface area contributed by atoms with Crippen LogP contribution in [0.25, 0.3) is 0 Å². The summed E-state index contributed by atoms with van der Waals surface area (Å²) in [5, 5.41) is 9.40. The summed E-state index contributed by atoms with van der Waals surface area (Å²) in [6.45, 7) is 12.4. The van der Waals surface area contributed by atoms with Gasteiger partial charge in [-0.2, -0.15) is 0 Å². The van der Waals surface area contributed by atoms with Crippen molar-refractivity contribution >= 4 is 5.97 Å². The monoisotopic (exact) mass is 210 g/mol. The van der Waals surface area contributed by atoms with E-state index in [4.69, 9.17) is 0 Å². The Bertz CT molecular complexity index is 312. The Balaban J connectivity index is 3.37. The lowest BCUT2D eigenvalue weighted by Gasteiger charge is -2.55.